The highest BCUT2D eigenvalue weighted by molar-refractivity contribution is 7.80. The normalized spacial score (nSPS) is 10.0. The summed E-state index contributed by atoms with van der Waals surface area (Å²) in [5, 5.41) is 16.7. The lowest BCUT2D eigenvalue weighted by molar-refractivity contribution is -0.154. The Morgan fingerprint density at radius 3 is 2.00 bits per heavy atom. The van der Waals surface area contributed by atoms with Gasteiger partial charge in [0.1, 0.15) is 0 Å². The molecule has 0 radical (unpaired) electrons. The van der Waals surface area contributed by atoms with E-state index in [9.17, 15) is 9.59 Å². The Hall–Kier alpha value is -0.710. The minimum atomic E-state index is -1.28. The number of hydrogen-bond donors (Lipinski definition) is 3. The van der Waals surface area contributed by atoms with E-state index in [-0.39, 0.29) is 6.42 Å². The van der Waals surface area contributed by atoms with Crippen LogP contribution < -0.4 is 0 Å². The molecule has 0 atom stereocenters. The summed E-state index contributed by atoms with van der Waals surface area (Å²) in [5.74, 6) is -3.32. The van der Waals surface area contributed by atoms with Crippen molar-refractivity contribution >= 4 is 24.6 Å². The molecule has 0 aromatic rings. The topological polar surface area (TPSA) is 74.6 Å². The van der Waals surface area contributed by atoms with E-state index in [1.807, 2.05) is 0 Å². The number of hydrogen-bond acceptors (Lipinski definition) is 3. The number of carbonyl (C=O) groups is 2. The second-order valence-electron chi connectivity index (χ2n) is 2.09. The van der Waals surface area contributed by atoms with Crippen LogP contribution in [-0.2, 0) is 9.59 Å². The van der Waals surface area contributed by atoms with Crippen LogP contribution in [0, 0.1) is 5.92 Å². The second kappa shape index (κ2) is 5.01. The van der Waals surface area contributed by atoms with E-state index < -0.39 is 17.9 Å². The van der Waals surface area contributed by atoms with Gasteiger partial charge >= 0.3 is 11.9 Å². The number of aliphatic carboxylic acids is 2. The molecule has 0 bridgehead atoms. The molecule has 0 aromatic carbocycles. The number of thiol groups is 1. The minimum Gasteiger partial charge on any atom is -0.481 e. The van der Waals surface area contributed by atoms with Gasteiger partial charge in [-0.1, -0.05) is 0 Å². The van der Waals surface area contributed by atoms with Crippen molar-refractivity contribution in [3.63, 3.8) is 0 Å². The van der Waals surface area contributed by atoms with Gasteiger partial charge in [-0.15, -0.1) is 0 Å². The van der Waals surface area contributed by atoms with E-state index >= 15 is 0 Å². The fourth-order valence-electron chi connectivity index (χ4n) is 0.648. The van der Waals surface area contributed by atoms with Gasteiger partial charge < -0.3 is 10.2 Å². The SMILES string of the molecule is O=C(O)C(CCCS)C(=O)O. The summed E-state index contributed by atoms with van der Waals surface area (Å²) < 4.78 is 0. The molecule has 0 aliphatic heterocycles. The predicted octanol–water partition coefficient (Wildman–Crippen LogP) is 0.482. The summed E-state index contributed by atoms with van der Waals surface area (Å²) in [6.07, 6.45) is 0.653. The van der Waals surface area contributed by atoms with Crippen molar-refractivity contribution in [3.05, 3.63) is 0 Å². The summed E-state index contributed by atoms with van der Waals surface area (Å²) in [6.45, 7) is 0. The number of rotatable bonds is 5. The third kappa shape index (κ3) is 3.87. The zero-order chi connectivity index (χ0) is 8.85. The summed E-state index contributed by atoms with van der Waals surface area (Å²) >= 11 is 3.85. The van der Waals surface area contributed by atoms with E-state index in [1.165, 1.54) is 0 Å². The van der Waals surface area contributed by atoms with Gasteiger partial charge in [0.05, 0.1) is 0 Å². The first kappa shape index (κ1) is 10.3. The second-order valence-corrected chi connectivity index (χ2v) is 2.54. The van der Waals surface area contributed by atoms with Crippen molar-refractivity contribution in [1.29, 1.82) is 0 Å². The number of carboxylic acids is 2. The van der Waals surface area contributed by atoms with E-state index in [0.29, 0.717) is 12.2 Å². The molecule has 0 spiro atoms. The van der Waals surface area contributed by atoms with Gasteiger partial charge in [0, 0.05) is 0 Å². The Bertz CT molecular complexity index is 143. The molecule has 2 N–H and O–H groups in total. The van der Waals surface area contributed by atoms with E-state index in [2.05, 4.69) is 12.6 Å². The third-order valence-corrected chi connectivity index (χ3v) is 1.56. The van der Waals surface area contributed by atoms with Crippen LogP contribution >= 0.6 is 12.6 Å². The fourth-order valence-corrected chi connectivity index (χ4v) is 0.831. The van der Waals surface area contributed by atoms with Gasteiger partial charge in [0.2, 0.25) is 0 Å². The van der Waals surface area contributed by atoms with Crippen LogP contribution in [0.4, 0.5) is 0 Å². The van der Waals surface area contributed by atoms with Crippen molar-refractivity contribution in [2.45, 2.75) is 12.8 Å². The maximum atomic E-state index is 10.2. The Morgan fingerprint density at radius 2 is 1.73 bits per heavy atom. The van der Waals surface area contributed by atoms with Gasteiger partial charge in [-0.05, 0) is 18.6 Å². The summed E-state index contributed by atoms with van der Waals surface area (Å²) in [4.78, 5) is 20.5. The Kier molecular flexibility index (Phi) is 4.69. The highest BCUT2D eigenvalue weighted by Crippen LogP contribution is 2.07. The Morgan fingerprint density at radius 1 is 1.27 bits per heavy atom. The van der Waals surface area contributed by atoms with Crippen molar-refractivity contribution in [2.24, 2.45) is 5.92 Å². The Balaban J connectivity index is 3.90. The van der Waals surface area contributed by atoms with E-state index in [0.717, 1.165) is 0 Å². The smallest absolute Gasteiger partial charge is 0.317 e. The summed E-state index contributed by atoms with van der Waals surface area (Å²) in [7, 11) is 0. The molecule has 0 unspecified atom stereocenters. The van der Waals surface area contributed by atoms with Crippen LogP contribution in [0.15, 0.2) is 0 Å². The molecule has 4 nitrogen and oxygen atoms in total. The first-order valence-electron chi connectivity index (χ1n) is 3.16. The molecule has 0 rings (SSSR count). The fraction of sp³-hybridized carbons (Fsp3) is 0.667. The molecule has 5 heteroatoms. The highest BCUT2D eigenvalue weighted by atomic mass is 32.1. The van der Waals surface area contributed by atoms with Crippen molar-refractivity contribution in [1.82, 2.24) is 0 Å². The van der Waals surface area contributed by atoms with Crippen molar-refractivity contribution in [2.75, 3.05) is 5.75 Å². The molecular formula is C6H10O4S. The first-order chi connectivity index (χ1) is 5.09. The average Bonchev–Trinajstić information content (AvgIpc) is 1.87. The summed E-state index contributed by atoms with van der Waals surface area (Å²) in [5.41, 5.74) is 0. The van der Waals surface area contributed by atoms with Crippen LogP contribution in [0.25, 0.3) is 0 Å². The molecule has 0 saturated carbocycles. The molecule has 0 aromatic heterocycles. The highest BCUT2D eigenvalue weighted by Gasteiger charge is 2.24. The van der Waals surface area contributed by atoms with Gasteiger partial charge in [-0.2, -0.15) is 12.6 Å². The third-order valence-electron chi connectivity index (χ3n) is 1.25. The zero-order valence-electron chi connectivity index (χ0n) is 5.86. The molecule has 0 amide bonds. The minimum absolute atomic E-state index is 0.147. The maximum Gasteiger partial charge on any atom is 0.317 e. The largest absolute Gasteiger partial charge is 0.481 e. The van der Waals surface area contributed by atoms with Gasteiger partial charge in [-0.3, -0.25) is 9.59 Å². The van der Waals surface area contributed by atoms with Crippen molar-refractivity contribution in [3.8, 4) is 0 Å². The lowest BCUT2D eigenvalue weighted by Gasteiger charge is -2.04. The van der Waals surface area contributed by atoms with E-state index in [1.54, 1.807) is 0 Å². The molecular weight excluding hydrogens is 168 g/mol. The van der Waals surface area contributed by atoms with Gasteiger partial charge in [-0.25, -0.2) is 0 Å². The predicted molar refractivity (Wildman–Crippen MR) is 41.8 cm³/mol. The lowest BCUT2D eigenvalue weighted by Crippen LogP contribution is -2.23. The number of carboxylic acid groups (broad SMARTS) is 2. The molecule has 0 aliphatic rings. The van der Waals surface area contributed by atoms with Crippen LogP contribution in [0.3, 0.4) is 0 Å². The van der Waals surface area contributed by atoms with Gasteiger partial charge in [0.15, 0.2) is 5.92 Å². The quantitative estimate of drug-likeness (QED) is 0.423. The lowest BCUT2D eigenvalue weighted by atomic mass is 10.1. The first-order valence-corrected chi connectivity index (χ1v) is 3.79. The molecule has 64 valence electrons. The average molecular weight is 178 g/mol. The molecule has 11 heavy (non-hydrogen) atoms. The van der Waals surface area contributed by atoms with Gasteiger partial charge in [0.25, 0.3) is 0 Å². The Labute approximate surface area is 69.6 Å². The molecule has 0 heterocycles. The van der Waals surface area contributed by atoms with Crippen LogP contribution in [-0.4, -0.2) is 27.9 Å². The standard InChI is InChI=1S/C6H10O4S/c7-5(8)4(6(9)10)2-1-3-11/h4,11H,1-3H2,(H,7,8)(H,9,10). The summed E-state index contributed by atoms with van der Waals surface area (Å²) in [6, 6.07) is 0. The monoisotopic (exact) mass is 178 g/mol. The zero-order valence-corrected chi connectivity index (χ0v) is 6.75. The van der Waals surface area contributed by atoms with E-state index in [4.69, 9.17) is 10.2 Å². The molecule has 0 aliphatic carbocycles. The molecule has 0 saturated heterocycles. The van der Waals surface area contributed by atoms with Crippen LogP contribution in [0.5, 0.6) is 0 Å². The van der Waals surface area contributed by atoms with Crippen LogP contribution in [0.2, 0.25) is 0 Å². The van der Waals surface area contributed by atoms with Crippen LogP contribution in [0.1, 0.15) is 12.8 Å². The maximum absolute atomic E-state index is 10.2. The van der Waals surface area contributed by atoms with Crippen molar-refractivity contribution < 1.29 is 19.8 Å². The molecule has 0 fully saturated rings.